The van der Waals surface area contributed by atoms with Gasteiger partial charge in [-0.3, -0.25) is 14.5 Å². The van der Waals surface area contributed by atoms with Gasteiger partial charge in [0.2, 0.25) is 5.76 Å². The van der Waals surface area contributed by atoms with Crippen molar-refractivity contribution < 1.29 is 27.9 Å². The van der Waals surface area contributed by atoms with E-state index >= 15 is 0 Å². The molecule has 0 radical (unpaired) electrons. The number of carbonyl (C=O) groups excluding carboxylic acids is 2. The fourth-order valence-electron chi connectivity index (χ4n) is 4.44. The molecule has 0 saturated heterocycles. The zero-order chi connectivity index (χ0) is 27.7. The molecule has 2 aromatic carbocycles. The molecule has 4 aromatic rings. The summed E-state index contributed by atoms with van der Waals surface area (Å²) in [5.74, 6) is -1.39. The molecule has 1 aliphatic rings. The molecule has 39 heavy (non-hydrogen) atoms. The summed E-state index contributed by atoms with van der Waals surface area (Å²) in [6.45, 7) is 7.77. The third-order valence-corrected chi connectivity index (χ3v) is 7.42. The molecular weight excluding hydrogens is 523 g/mol. The lowest BCUT2D eigenvalue weighted by molar-refractivity contribution is 0.0554. The highest BCUT2D eigenvalue weighted by atomic mass is 32.1. The summed E-state index contributed by atoms with van der Waals surface area (Å²) < 4.78 is 31.0. The second kappa shape index (κ2) is 10.8. The minimum Gasteiger partial charge on any atom is -0.494 e. The minimum absolute atomic E-state index is 0.0211. The summed E-state index contributed by atoms with van der Waals surface area (Å²) in [4.78, 5) is 46.2. The van der Waals surface area contributed by atoms with Crippen molar-refractivity contribution in [1.82, 2.24) is 4.98 Å². The molecule has 2 aromatic heterocycles. The third-order valence-electron chi connectivity index (χ3n) is 6.28. The van der Waals surface area contributed by atoms with Gasteiger partial charge in [0.25, 0.3) is 5.91 Å². The van der Waals surface area contributed by atoms with Crippen molar-refractivity contribution in [3.05, 3.63) is 98.6 Å². The van der Waals surface area contributed by atoms with Gasteiger partial charge in [-0.1, -0.05) is 49.5 Å². The van der Waals surface area contributed by atoms with Crippen molar-refractivity contribution in [3.8, 4) is 5.75 Å². The van der Waals surface area contributed by atoms with Crippen molar-refractivity contribution in [2.45, 2.75) is 32.7 Å². The average molecular weight is 549 g/mol. The van der Waals surface area contributed by atoms with Gasteiger partial charge in [-0.15, -0.1) is 0 Å². The maximum Gasteiger partial charge on any atom is 0.350 e. The van der Waals surface area contributed by atoms with Gasteiger partial charge in [-0.25, -0.2) is 14.2 Å². The van der Waals surface area contributed by atoms with Gasteiger partial charge in [0.1, 0.15) is 28.6 Å². The number of hydrogen-bond donors (Lipinski definition) is 0. The summed E-state index contributed by atoms with van der Waals surface area (Å²) >= 11 is 0.972. The van der Waals surface area contributed by atoms with E-state index in [1.54, 1.807) is 31.2 Å². The van der Waals surface area contributed by atoms with E-state index in [0.717, 1.165) is 36.3 Å². The lowest BCUT2D eigenvalue weighted by Gasteiger charge is -2.23. The Labute approximate surface area is 227 Å². The van der Waals surface area contributed by atoms with Gasteiger partial charge in [-0.2, -0.15) is 0 Å². The van der Waals surface area contributed by atoms with Crippen LogP contribution in [0.2, 0.25) is 0 Å². The smallest absolute Gasteiger partial charge is 0.350 e. The minimum atomic E-state index is -0.950. The third kappa shape index (κ3) is 4.83. The summed E-state index contributed by atoms with van der Waals surface area (Å²) in [5.41, 5.74) is 0.572. The van der Waals surface area contributed by atoms with Crippen molar-refractivity contribution in [2.75, 3.05) is 18.1 Å². The first-order chi connectivity index (χ1) is 18.8. The van der Waals surface area contributed by atoms with Crippen LogP contribution in [0.15, 0.2) is 64.3 Å². The summed E-state index contributed by atoms with van der Waals surface area (Å²) in [7, 11) is 0. The largest absolute Gasteiger partial charge is 0.494 e. The SMILES string of the molecule is C=CCOC(=O)c1sc(N2C(=O)c3oc4ccc(F)cc4c(=O)c3C2c2cccc(OCCCC)c2)nc1C. The molecule has 1 atom stereocenters. The molecule has 1 unspecified atom stereocenters. The number of amides is 1. The summed E-state index contributed by atoms with van der Waals surface area (Å²) in [6.07, 6.45) is 3.28. The molecule has 10 heteroatoms. The molecule has 0 spiro atoms. The molecule has 3 heterocycles. The Morgan fingerprint density at radius 2 is 2.08 bits per heavy atom. The maximum atomic E-state index is 14.1. The second-order valence-electron chi connectivity index (χ2n) is 8.96. The summed E-state index contributed by atoms with van der Waals surface area (Å²) in [5, 5.41) is 0.208. The molecule has 0 bridgehead atoms. The molecule has 0 aliphatic carbocycles. The fraction of sp³-hybridized carbons (Fsp3) is 0.241. The Bertz CT molecular complexity index is 1660. The normalized spacial score (nSPS) is 14.5. The zero-order valence-corrected chi connectivity index (χ0v) is 22.2. The number of carbonyl (C=O) groups is 2. The zero-order valence-electron chi connectivity index (χ0n) is 21.4. The molecule has 0 N–H and O–H groups in total. The number of halogens is 1. The lowest BCUT2D eigenvalue weighted by Crippen LogP contribution is -2.29. The van der Waals surface area contributed by atoms with Crippen LogP contribution >= 0.6 is 11.3 Å². The number of unbranched alkanes of at least 4 members (excludes halogenated alkanes) is 1. The van der Waals surface area contributed by atoms with E-state index in [0.29, 0.717) is 23.6 Å². The standard InChI is InChI=1S/C29H25FN2O6S/c1-4-6-13-36-19-9-7-8-17(14-19)23-22-24(33)20-15-18(30)10-11-21(20)38-25(22)27(34)32(23)29-31-16(3)26(39-29)28(35)37-12-5-2/h5,7-11,14-15,23H,2,4,6,12-13H2,1,3H3. The van der Waals surface area contributed by atoms with E-state index in [2.05, 4.69) is 18.5 Å². The number of aryl methyl sites for hydroxylation is 1. The predicted molar refractivity (Wildman–Crippen MR) is 145 cm³/mol. The Morgan fingerprint density at radius 3 is 2.85 bits per heavy atom. The van der Waals surface area contributed by atoms with Crippen LogP contribution in [0.25, 0.3) is 11.0 Å². The van der Waals surface area contributed by atoms with E-state index in [9.17, 15) is 18.8 Å². The van der Waals surface area contributed by atoms with Crippen LogP contribution in [0.3, 0.4) is 0 Å². The number of fused-ring (bicyclic) bond motifs is 2. The van der Waals surface area contributed by atoms with Crippen LogP contribution in [-0.4, -0.2) is 30.1 Å². The Morgan fingerprint density at radius 1 is 1.26 bits per heavy atom. The first-order valence-corrected chi connectivity index (χ1v) is 13.2. The van der Waals surface area contributed by atoms with E-state index in [1.807, 2.05) is 0 Å². The molecule has 200 valence electrons. The van der Waals surface area contributed by atoms with Crippen LogP contribution in [0.4, 0.5) is 9.52 Å². The Kier molecular flexibility index (Phi) is 7.30. The number of hydrogen-bond acceptors (Lipinski definition) is 8. The summed E-state index contributed by atoms with van der Waals surface area (Å²) in [6, 6.07) is 9.71. The van der Waals surface area contributed by atoms with Crippen LogP contribution in [0.1, 0.15) is 62.9 Å². The van der Waals surface area contributed by atoms with Crippen molar-refractivity contribution in [2.24, 2.45) is 0 Å². The molecule has 1 amide bonds. The van der Waals surface area contributed by atoms with Crippen molar-refractivity contribution in [3.63, 3.8) is 0 Å². The van der Waals surface area contributed by atoms with Gasteiger partial charge in [-0.05, 0) is 49.2 Å². The number of benzene rings is 2. The number of ether oxygens (including phenoxy) is 2. The van der Waals surface area contributed by atoms with E-state index in [-0.39, 0.29) is 38.9 Å². The Balaban J connectivity index is 1.68. The molecular formula is C29H25FN2O6S. The van der Waals surface area contributed by atoms with Gasteiger partial charge >= 0.3 is 5.97 Å². The molecule has 0 fully saturated rings. The van der Waals surface area contributed by atoms with Crippen molar-refractivity contribution in [1.29, 1.82) is 0 Å². The second-order valence-corrected chi connectivity index (χ2v) is 9.94. The fourth-order valence-corrected chi connectivity index (χ4v) is 5.43. The molecule has 5 rings (SSSR count). The van der Waals surface area contributed by atoms with Crippen LogP contribution in [0.5, 0.6) is 5.75 Å². The monoisotopic (exact) mass is 548 g/mol. The van der Waals surface area contributed by atoms with Gasteiger partial charge in [0.05, 0.1) is 29.3 Å². The highest BCUT2D eigenvalue weighted by Gasteiger charge is 2.45. The van der Waals surface area contributed by atoms with Gasteiger partial charge in [0, 0.05) is 0 Å². The number of anilines is 1. The van der Waals surface area contributed by atoms with Gasteiger partial charge < -0.3 is 13.9 Å². The average Bonchev–Trinajstić information content (AvgIpc) is 3.45. The Hall–Kier alpha value is -4.31. The number of thiazole rings is 1. The first-order valence-electron chi connectivity index (χ1n) is 12.4. The predicted octanol–water partition coefficient (Wildman–Crippen LogP) is 5.97. The van der Waals surface area contributed by atoms with Crippen molar-refractivity contribution >= 4 is 39.3 Å². The highest BCUT2D eigenvalue weighted by molar-refractivity contribution is 7.17. The molecule has 1 aliphatic heterocycles. The van der Waals surface area contributed by atoms with Crippen LogP contribution in [-0.2, 0) is 4.74 Å². The van der Waals surface area contributed by atoms with Gasteiger partial charge in [0.15, 0.2) is 10.6 Å². The molecule has 8 nitrogen and oxygen atoms in total. The number of nitrogens with zero attached hydrogens (tertiary/aromatic N) is 2. The highest BCUT2D eigenvalue weighted by Crippen LogP contribution is 2.43. The van der Waals surface area contributed by atoms with E-state index < -0.39 is 29.2 Å². The maximum absolute atomic E-state index is 14.1. The van der Waals surface area contributed by atoms with Crippen LogP contribution < -0.4 is 15.1 Å². The number of esters is 1. The molecule has 0 saturated carbocycles. The quantitative estimate of drug-likeness (QED) is 0.144. The topological polar surface area (TPSA) is 98.9 Å². The van der Waals surface area contributed by atoms with E-state index in [4.69, 9.17) is 13.9 Å². The number of aromatic nitrogens is 1. The number of rotatable bonds is 9. The lowest BCUT2D eigenvalue weighted by atomic mass is 9.98. The van der Waals surface area contributed by atoms with E-state index in [1.165, 1.54) is 17.0 Å². The first kappa shape index (κ1) is 26.3. The van der Waals surface area contributed by atoms with Crippen LogP contribution in [0, 0.1) is 12.7 Å².